The molecule has 1 aromatic carbocycles. The molecule has 2 fully saturated rings. The van der Waals surface area contributed by atoms with Crippen LogP contribution in [0.25, 0.3) is 11.8 Å². The van der Waals surface area contributed by atoms with Crippen LogP contribution in [0.5, 0.6) is 0 Å². The van der Waals surface area contributed by atoms with E-state index in [4.69, 9.17) is 0 Å². The molecule has 0 spiro atoms. The van der Waals surface area contributed by atoms with E-state index < -0.39 is 17.8 Å². The van der Waals surface area contributed by atoms with Gasteiger partial charge in [-0.2, -0.15) is 0 Å². The Morgan fingerprint density at radius 2 is 1.70 bits per heavy atom. The van der Waals surface area contributed by atoms with E-state index in [1.54, 1.807) is 6.08 Å². The molecule has 1 saturated heterocycles. The lowest BCUT2D eigenvalue weighted by Gasteiger charge is -2.31. The lowest BCUT2D eigenvalue weighted by molar-refractivity contribution is -0.131. The molecule has 4 amide bonds. The summed E-state index contributed by atoms with van der Waals surface area (Å²) in [4.78, 5) is 39.1. The molecule has 1 aromatic heterocycles. The van der Waals surface area contributed by atoms with E-state index in [9.17, 15) is 14.4 Å². The lowest BCUT2D eigenvalue weighted by atomic mass is 10.1. The number of nitrogens with zero attached hydrogens (tertiary/aromatic N) is 2. The Hall–Kier alpha value is -3.15. The van der Waals surface area contributed by atoms with Crippen molar-refractivity contribution in [3.63, 3.8) is 0 Å². The Bertz CT molecular complexity index is 1090. The van der Waals surface area contributed by atoms with Crippen molar-refractivity contribution < 1.29 is 14.4 Å². The summed E-state index contributed by atoms with van der Waals surface area (Å²) < 4.78 is 2.14. The summed E-state index contributed by atoms with van der Waals surface area (Å²) >= 11 is 0. The molecule has 0 radical (unpaired) electrons. The van der Waals surface area contributed by atoms with Crippen molar-refractivity contribution in [2.45, 2.75) is 59.4 Å². The van der Waals surface area contributed by atoms with Gasteiger partial charge >= 0.3 is 6.03 Å². The minimum absolute atomic E-state index is 0.0164. The maximum atomic E-state index is 13.1. The van der Waals surface area contributed by atoms with Crippen molar-refractivity contribution in [1.82, 2.24) is 14.8 Å². The number of amides is 4. The van der Waals surface area contributed by atoms with Gasteiger partial charge in [0.2, 0.25) is 0 Å². The standard InChI is InChI=1S/C24H27N3O3/c1-14-9-10-15(2)21(11-14)26-16(3)12-18(17(26)4)13-20-22(28)25-24(30)27(23(20)29)19-7-5-6-8-19/h9-13,19H,5-8H2,1-4H3,(H,25,28,30)/b20-13+. The van der Waals surface area contributed by atoms with Gasteiger partial charge in [0, 0.05) is 23.1 Å². The number of rotatable bonds is 3. The minimum atomic E-state index is -0.629. The van der Waals surface area contributed by atoms with E-state index in [2.05, 4.69) is 41.9 Å². The molecule has 0 unspecified atom stereocenters. The SMILES string of the molecule is Cc1ccc(C)c(-n2c(C)cc(/C=C3\C(=O)NC(=O)N(C4CCCC4)C3=O)c2C)c1. The van der Waals surface area contributed by atoms with Crippen molar-refractivity contribution in [3.05, 3.63) is 57.9 Å². The Morgan fingerprint density at radius 1 is 1.00 bits per heavy atom. The molecular formula is C24H27N3O3. The van der Waals surface area contributed by atoms with E-state index >= 15 is 0 Å². The summed E-state index contributed by atoms with van der Waals surface area (Å²) in [7, 11) is 0. The zero-order valence-corrected chi connectivity index (χ0v) is 17.9. The average molecular weight is 405 g/mol. The minimum Gasteiger partial charge on any atom is -0.318 e. The summed E-state index contributed by atoms with van der Waals surface area (Å²) in [5.41, 5.74) is 6.16. The van der Waals surface area contributed by atoms with Crippen LogP contribution < -0.4 is 5.32 Å². The molecule has 6 heteroatoms. The van der Waals surface area contributed by atoms with Gasteiger partial charge in [-0.3, -0.25) is 19.8 Å². The molecule has 1 aliphatic carbocycles. The van der Waals surface area contributed by atoms with Gasteiger partial charge in [0.1, 0.15) is 5.57 Å². The third-order valence-electron chi connectivity index (χ3n) is 6.20. The van der Waals surface area contributed by atoms with Crippen LogP contribution >= 0.6 is 0 Å². The second-order valence-corrected chi connectivity index (χ2v) is 8.38. The number of barbiturate groups is 1. The Kier molecular flexibility index (Phi) is 5.10. The zero-order valence-electron chi connectivity index (χ0n) is 17.9. The van der Waals surface area contributed by atoms with Gasteiger partial charge in [-0.05, 0) is 75.4 Å². The second-order valence-electron chi connectivity index (χ2n) is 8.38. The molecule has 2 heterocycles. The summed E-state index contributed by atoms with van der Waals surface area (Å²) in [6.07, 6.45) is 5.19. The predicted molar refractivity (Wildman–Crippen MR) is 115 cm³/mol. The van der Waals surface area contributed by atoms with Crippen molar-refractivity contribution in [3.8, 4) is 5.69 Å². The highest BCUT2D eigenvalue weighted by Gasteiger charge is 2.40. The van der Waals surface area contributed by atoms with Crippen LogP contribution in [-0.4, -0.2) is 33.4 Å². The Labute approximate surface area is 176 Å². The van der Waals surface area contributed by atoms with Gasteiger partial charge in [0.15, 0.2) is 0 Å². The van der Waals surface area contributed by atoms with Crippen LogP contribution in [0.4, 0.5) is 4.79 Å². The summed E-state index contributed by atoms with van der Waals surface area (Å²) in [6.45, 7) is 8.11. The van der Waals surface area contributed by atoms with E-state index in [1.165, 1.54) is 4.90 Å². The number of hydrogen-bond donors (Lipinski definition) is 1. The fourth-order valence-electron chi connectivity index (χ4n) is 4.59. The molecule has 156 valence electrons. The number of hydrogen-bond acceptors (Lipinski definition) is 3. The fourth-order valence-corrected chi connectivity index (χ4v) is 4.59. The van der Waals surface area contributed by atoms with Crippen molar-refractivity contribution in [2.75, 3.05) is 0 Å². The number of imide groups is 2. The smallest absolute Gasteiger partial charge is 0.318 e. The van der Waals surface area contributed by atoms with E-state index in [0.29, 0.717) is 0 Å². The van der Waals surface area contributed by atoms with Crippen molar-refractivity contribution >= 4 is 23.9 Å². The number of carbonyl (C=O) groups excluding carboxylic acids is 3. The third kappa shape index (κ3) is 3.36. The second kappa shape index (κ2) is 7.59. The largest absolute Gasteiger partial charge is 0.331 e. The van der Waals surface area contributed by atoms with Gasteiger partial charge in [0.05, 0.1) is 0 Å². The molecule has 1 aliphatic heterocycles. The molecule has 30 heavy (non-hydrogen) atoms. The quantitative estimate of drug-likeness (QED) is 0.617. The molecule has 6 nitrogen and oxygen atoms in total. The molecule has 2 aromatic rings. The van der Waals surface area contributed by atoms with Crippen LogP contribution in [0.3, 0.4) is 0 Å². The first-order valence-corrected chi connectivity index (χ1v) is 10.4. The van der Waals surface area contributed by atoms with Gasteiger partial charge < -0.3 is 4.57 Å². The zero-order chi connectivity index (χ0) is 21.6. The third-order valence-corrected chi connectivity index (χ3v) is 6.20. The molecule has 0 atom stereocenters. The molecule has 4 rings (SSSR count). The van der Waals surface area contributed by atoms with E-state index in [-0.39, 0.29) is 11.6 Å². The molecule has 1 saturated carbocycles. The monoisotopic (exact) mass is 405 g/mol. The van der Waals surface area contributed by atoms with Gasteiger partial charge in [-0.15, -0.1) is 0 Å². The maximum Gasteiger partial charge on any atom is 0.331 e. The van der Waals surface area contributed by atoms with Gasteiger partial charge in [0.25, 0.3) is 11.8 Å². The highest BCUT2D eigenvalue weighted by molar-refractivity contribution is 6.31. The summed E-state index contributed by atoms with van der Waals surface area (Å²) in [5, 5.41) is 2.35. The molecule has 1 N–H and O–H groups in total. The number of aromatic nitrogens is 1. The van der Waals surface area contributed by atoms with Crippen LogP contribution in [0.15, 0.2) is 29.8 Å². The first-order valence-electron chi connectivity index (χ1n) is 10.4. The van der Waals surface area contributed by atoms with E-state index in [1.807, 2.05) is 19.9 Å². The maximum absolute atomic E-state index is 13.1. The van der Waals surface area contributed by atoms with Crippen molar-refractivity contribution in [2.24, 2.45) is 0 Å². The van der Waals surface area contributed by atoms with Gasteiger partial charge in [-0.1, -0.05) is 25.0 Å². The summed E-state index contributed by atoms with van der Waals surface area (Å²) in [5.74, 6) is -1.12. The highest BCUT2D eigenvalue weighted by Crippen LogP contribution is 2.29. The van der Waals surface area contributed by atoms with Crippen LogP contribution in [-0.2, 0) is 9.59 Å². The molecule has 2 aliphatic rings. The molecular weight excluding hydrogens is 378 g/mol. The Morgan fingerprint density at radius 3 is 2.40 bits per heavy atom. The van der Waals surface area contributed by atoms with E-state index in [0.717, 1.165) is 59.4 Å². The first kappa shape index (κ1) is 20.1. The lowest BCUT2D eigenvalue weighted by Crippen LogP contribution is -2.57. The average Bonchev–Trinajstić information content (AvgIpc) is 3.29. The summed E-state index contributed by atoms with van der Waals surface area (Å²) in [6, 6.07) is 7.54. The van der Waals surface area contributed by atoms with Crippen LogP contribution in [0.2, 0.25) is 0 Å². The number of nitrogens with one attached hydrogen (secondary N) is 1. The predicted octanol–water partition coefficient (Wildman–Crippen LogP) is 4.12. The normalized spacial score (nSPS) is 19.1. The van der Waals surface area contributed by atoms with Gasteiger partial charge in [-0.25, -0.2) is 4.79 Å². The van der Waals surface area contributed by atoms with Crippen LogP contribution in [0, 0.1) is 27.7 Å². The fraction of sp³-hybridized carbons (Fsp3) is 0.375. The number of aryl methyl sites for hydroxylation is 3. The Balaban J connectivity index is 1.75. The topological polar surface area (TPSA) is 71.4 Å². The van der Waals surface area contributed by atoms with Crippen LogP contribution in [0.1, 0.15) is 53.8 Å². The number of benzene rings is 1. The first-order chi connectivity index (χ1) is 14.3. The molecule has 0 bridgehead atoms. The highest BCUT2D eigenvalue weighted by atomic mass is 16.2. The number of urea groups is 1. The van der Waals surface area contributed by atoms with Crippen molar-refractivity contribution in [1.29, 1.82) is 0 Å². The number of carbonyl (C=O) groups is 3.